The summed E-state index contributed by atoms with van der Waals surface area (Å²) < 4.78 is 27.1. The van der Waals surface area contributed by atoms with Crippen molar-refractivity contribution in [2.24, 2.45) is 0 Å². The highest BCUT2D eigenvalue weighted by molar-refractivity contribution is 7.91. The van der Waals surface area contributed by atoms with E-state index in [2.05, 4.69) is 9.62 Å². The lowest BCUT2D eigenvalue weighted by Gasteiger charge is -2.29. The van der Waals surface area contributed by atoms with E-state index in [4.69, 9.17) is 5.26 Å². The monoisotopic (exact) mass is 285 g/mol. The molecule has 1 aliphatic rings. The summed E-state index contributed by atoms with van der Waals surface area (Å²) in [5.74, 6) is 0. The van der Waals surface area contributed by atoms with E-state index < -0.39 is 10.0 Å². The average molecular weight is 285 g/mol. The van der Waals surface area contributed by atoms with Gasteiger partial charge in [-0.1, -0.05) is 0 Å². The molecule has 2 rings (SSSR count). The lowest BCUT2D eigenvalue weighted by Crippen LogP contribution is -2.43. The number of hydrogen-bond donors (Lipinski definition) is 1. The first-order valence-corrected chi connectivity index (χ1v) is 8.02. The molecule has 1 aromatic rings. The standard InChI is InChI=1S/C11H15N3O2S2/c1-14-6-4-9(5-7-14)13-18(15,16)11-3-2-10(8-12)17-11/h2-3,9,13H,4-7H2,1H3. The Bertz CT molecular complexity index is 551. The van der Waals surface area contributed by atoms with Gasteiger partial charge in [-0.05, 0) is 45.1 Å². The zero-order chi connectivity index (χ0) is 13.2. The first-order chi connectivity index (χ1) is 8.51. The fraction of sp³-hybridized carbons (Fsp3) is 0.545. The molecule has 0 radical (unpaired) electrons. The maximum absolute atomic E-state index is 12.1. The second-order valence-electron chi connectivity index (χ2n) is 4.43. The van der Waals surface area contributed by atoms with Crippen LogP contribution >= 0.6 is 11.3 Å². The Morgan fingerprint density at radius 1 is 1.44 bits per heavy atom. The predicted molar refractivity (Wildman–Crippen MR) is 69.9 cm³/mol. The molecule has 1 fully saturated rings. The molecular weight excluding hydrogens is 270 g/mol. The highest BCUT2D eigenvalue weighted by Gasteiger charge is 2.24. The summed E-state index contributed by atoms with van der Waals surface area (Å²) in [6.07, 6.45) is 1.65. The normalized spacial score (nSPS) is 18.7. The molecule has 18 heavy (non-hydrogen) atoms. The van der Waals surface area contributed by atoms with E-state index in [1.807, 2.05) is 13.1 Å². The van der Waals surface area contributed by atoms with Gasteiger partial charge in [-0.15, -0.1) is 11.3 Å². The van der Waals surface area contributed by atoms with Crippen LogP contribution < -0.4 is 4.72 Å². The van der Waals surface area contributed by atoms with Gasteiger partial charge in [0.25, 0.3) is 0 Å². The van der Waals surface area contributed by atoms with Gasteiger partial charge >= 0.3 is 0 Å². The van der Waals surface area contributed by atoms with Gasteiger partial charge in [0.05, 0.1) is 0 Å². The zero-order valence-corrected chi connectivity index (χ0v) is 11.7. The van der Waals surface area contributed by atoms with Gasteiger partial charge in [0.15, 0.2) is 0 Å². The molecule has 5 nitrogen and oxygen atoms in total. The van der Waals surface area contributed by atoms with Crippen LogP contribution in [0, 0.1) is 11.3 Å². The lowest BCUT2D eigenvalue weighted by atomic mass is 10.1. The van der Waals surface area contributed by atoms with Gasteiger partial charge in [0.1, 0.15) is 15.2 Å². The van der Waals surface area contributed by atoms with Crippen LogP contribution in [0.4, 0.5) is 0 Å². The SMILES string of the molecule is CN1CCC(NS(=O)(=O)c2ccc(C#N)s2)CC1. The third-order valence-corrected chi connectivity index (χ3v) is 6.00. The Morgan fingerprint density at radius 3 is 2.67 bits per heavy atom. The van der Waals surface area contributed by atoms with Crippen molar-refractivity contribution in [1.82, 2.24) is 9.62 Å². The van der Waals surface area contributed by atoms with Crippen molar-refractivity contribution >= 4 is 21.4 Å². The molecule has 0 unspecified atom stereocenters. The topological polar surface area (TPSA) is 73.2 Å². The highest BCUT2D eigenvalue weighted by Crippen LogP contribution is 2.22. The van der Waals surface area contributed by atoms with Crippen LogP contribution in [0.1, 0.15) is 17.7 Å². The van der Waals surface area contributed by atoms with Gasteiger partial charge in [0.2, 0.25) is 10.0 Å². The smallest absolute Gasteiger partial charge is 0.250 e. The Labute approximate surface area is 111 Å². The van der Waals surface area contributed by atoms with E-state index in [-0.39, 0.29) is 10.3 Å². The summed E-state index contributed by atoms with van der Waals surface area (Å²) >= 11 is 1.01. The zero-order valence-electron chi connectivity index (χ0n) is 10.1. The first-order valence-electron chi connectivity index (χ1n) is 5.72. The molecule has 1 N–H and O–H groups in total. The second-order valence-corrected chi connectivity index (χ2v) is 7.45. The molecular formula is C11H15N3O2S2. The van der Waals surface area contributed by atoms with E-state index >= 15 is 0 Å². The molecule has 0 aliphatic carbocycles. The van der Waals surface area contributed by atoms with E-state index in [1.54, 1.807) is 0 Å². The number of piperidine rings is 1. The molecule has 1 aromatic heterocycles. The quantitative estimate of drug-likeness (QED) is 0.899. The van der Waals surface area contributed by atoms with Crippen LogP contribution in [0.15, 0.2) is 16.3 Å². The molecule has 1 aliphatic heterocycles. The third kappa shape index (κ3) is 3.09. The lowest BCUT2D eigenvalue weighted by molar-refractivity contribution is 0.248. The van der Waals surface area contributed by atoms with Crippen molar-refractivity contribution in [1.29, 1.82) is 5.26 Å². The van der Waals surface area contributed by atoms with Crippen LogP contribution in [-0.4, -0.2) is 39.5 Å². The molecule has 1 saturated heterocycles. The minimum absolute atomic E-state index is 0.00108. The van der Waals surface area contributed by atoms with Crippen LogP contribution in [0.3, 0.4) is 0 Å². The van der Waals surface area contributed by atoms with E-state index in [9.17, 15) is 8.42 Å². The average Bonchev–Trinajstić information content (AvgIpc) is 2.81. The molecule has 0 saturated carbocycles. The van der Waals surface area contributed by atoms with Crippen molar-refractivity contribution in [3.05, 3.63) is 17.0 Å². The highest BCUT2D eigenvalue weighted by atomic mass is 32.2. The fourth-order valence-electron chi connectivity index (χ4n) is 1.93. The van der Waals surface area contributed by atoms with Gasteiger partial charge in [0, 0.05) is 6.04 Å². The van der Waals surface area contributed by atoms with Gasteiger partial charge in [-0.25, -0.2) is 13.1 Å². The molecule has 98 valence electrons. The third-order valence-electron chi connectivity index (χ3n) is 3.00. The number of rotatable bonds is 3. The van der Waals surface area contributed by atoms with Gasteiger partial charge in [-0.3, -0.25) is 0 Å². The largest absolute Gasteiger partial charge is 0.306 e. The Morgan fingerprint density at radius 2 is 2.11 bits per heavy atom. The Balaban J connectivity index is 2.06. The summed E-state index contributed by atoms with van der Waals surface area (Å²) in [5, 5.41) is 8.71. The molecule has 0 bridgehead atoms. The second kappa shape index (κ2) is 5.36. The maximum Gasteiger partial charge on any atom is 0.250 e. The van der Waals surface area contributed by atoms with Crippen molar-refractivity contribution in [2.75, 3.05) is 20.1 Å². The number of nitrogens with one attached hydrogen (secondary N) is 1. The summed E-state index contributed by atoms with van der Waals surface area (Å²) in [4.78, 5) is 2.60. The maximum atomic E-state index is 12.1. The van der Waals surface area contributed by atoms with Crippen molar-refractivity contribution < 1.29 is 8.42 Å². The molecule has 0 atom stereocenters. The minimum Gasteiger partial charge on any atom is -0.306 e. The summed E-state index contributed by atoms with van der Waals surface area (Å²) in [7, 11) is -1.44. The minimum atomic E-state index is -3.47. The fourth-order valence-corrected chi connectivity index (χ4v) is 4.35. The number of thiophene rings is 1. The first kappa shape index (κ1) is 13.5. The number of nitrogens with zero attached hydrogens (tertiary/aromatic N) is 2. The Kier molecular flexibility index (Phi) is 4.02. The van der Waals surface area contributed by atoms with Crippen LogP contribution in [0.5, 0.6) is 0 Å². The summed E-state index contributed by atoms with van der Waals surface area (Å²) in [5.41, 5.74) is 0. The van der Waals surface area contributed by atoms with E-state index in [1.165, 1.54) is 12.1 Å². The van der Waals surface area contributed by atoms with Gasteiger partial charge in [-0.2, -0.15) is 5.26 Å². The number of hydrogen-bond acceptors (Lipinski definition) is 5. The van der Waals surface area contributed by atoms with Crippen molar-refractivity contribution in [2.45, 2.75) is 23.1 Å². The molecule has 0 amide bonds. The van der Waals surface area contributed by atoms with E-state index in [0.29, 0.717) is 4.88 Å². The van der Waals surface area contributed by atoms with Crippen LogP contribution in [0.2, 0.25) is 0 Å². The number of likely N-dealkylation sites (tertiary alicyclic amines) is 1. The predicted octanol–water partition coefficient (Wildman–Crippen LogP) is 0.992. The molecule has 0 aromatic carbocycles. The van der Waals surface area contributed by atoms with Crippen LogP contribution in [0.25, 0.3) is 0 Å². The summed E-state index contributed by atoms with van der Waals surface area (Å²) in [6, 6.07) is 4.97. The molecule has 0 spiro atoms. The van der Waals surface area contributed by atoms with Crippen LogP contribution in [-0.2, 0) is 10.0 Å². The number of nitriles is 1. The van der Waals surface area contributed by atoms with Crippen molar-refractivity contribution in [3.8, 4) is 6.07 Å². The number of sulfonamides is 1. The summed E-state index contributed by atoms with van der Waals surface area (Å²) in [6.45, 7) is 1.81. The Hall–Kier alpha value is -0.940. The van der Waals surface area contributed by atoms with E-state index in [0.717, 1.165) is 37.3 Å². The molecule has 7 heteroatoms. The van der Waals surface area contributed by atoms with Crippen molar-refractivity contribution in [3.63, 3.8) is 0 Å². The van der Waals surface area contributed by atoms with Gasteiger partial charge < -0.3 is 4.90 Å². The molecule has 2 heterocycles.